The molecule has 0 radical (unpaired) electrons. The number of ether oxygens (including phenoxy) is 1. The smallest absolute Gasteiger partial charge is 0.119 e. The van der Waals surface area contributed by atoms with Crippen molar-refractivity contribution in [3.8, 4) is 5.75 Å². The van der Waals surface area contributed by atoms with Gasteiger partial charge in [0.2, 0.25) is 0 Å². The Kier molecular flexibility index (Phi) is 5.08. The molecule has 1 atom stereocenters. The fraction of sp³-hybridized carbons (Fsp3) is 0.500. The summed E-state index contributed by atoms with van der Waals surface area (Å²) in [6, 6.07) is 10.0. The van der Waals surface area contributed by atoms with Crippen molar-refractivity contribution in [2.24, 2.45) is 0 Å². The molecule has 78 valence electrons. The molecule has 1 unspecified atom stereocenters. The Bertz CT molecular complexity index is 235. The highest BCUT2D eigenvalue weighted by atomic mass is 16.5. The Morgan fingerprint density at radius 2 is 2.00 bits per heavy atom. The molecule has 0 saturated heterocycles. The first-order valence-electron chi connectivity index (χ1n) is 5.23. The molecule has 1 aromatic carbocycles. The lowest BCUT2D eigenvalue weighted by atomic mass is 10.2. The highest BCUT2D eigenvalue weighted by Gasteiger charge is 2.06. The first-order chi connectivity index (χ1) is 6.86. The van der Waals surface area contributed by atoms with Crippen molar-refractivity contribution in [3.05, 3.63) is 30.3 Å². The molecule has 1 aromatic rings. The van der Waals surface area contributed by atoms with Crippen molar-refractivity contribution in [1.82, 2.24) is 5.32 Å². The Morgan fingerprint density at radius 1 is 1.29 bits per heavy atom. The lowest BCUT2D eigenvalue weighted by Gasteiger charge is -2.17. The Hall–Kier alpha value is -1.02. The number of nitrogens with one attached hydrogen (secondary N) is 1. The third-order valence-electron chi connectivity index (χ3n) is 2.22. The van der Waals surface area contributed by atoms with Crippen molar-refractivity contribution in [1.29, 1.82) is 0 Å². The molecule has 2 nitrogen and oxygen atoms in total. The van der Waals surface area contributed by atoms with E-state index >= 15 is 0 Å². The van der Waals surface area contributed by atoms with Crippen LogP contribution in [-0.4, -0.2) is 19.7 Å². The van der Waals surface area contributed by atoms with Gasteiger partial charge in [0.05, 0.1) is 6.10 Å². The van der Waals surface area contributed by atoms with Crippen LogP contribution in [0.2, 0.25) is 0 Å². The van der Waals surface area contributed by atoms with E-state index in [1.165, 1.54) is 0 Å². The zero-order valence-electron chi connectivity index (χ0n) is 8.99. The van der Waals surface area contributed by atoms with Gasteiger partial charge in [0, 0.05) is 0 Å². The summed E-state index contributed by atoms with van der Waals surface area (Å²) < 4.78 is 5.83. The van der Waals surface area contributed by atoms with E-state index in [9.17, 15) is 0 Å². The lowest BCUT2D eigenvalue weighted by Crippen LogP contribution is -2.21. The maximum absolute atomic E-state index is 5.83. The SMILES string of the molecule is CCC(CCNC)Oc1ccccc1. The average Bonchev–Trinajstić information content (AvgIpc) is 2.25. The molecule has 2 heteroatoms. The van der Waals surface area contributed by atoms with Crippen LogP contribution in [0.5, 0.6) is 5.75 Å². The van der Waals surface area contributed by atoms with Gasteiger partial charge >= 0.3 is 0 Å². The van der Waals surface area contributed by atoms with Crippen molar-refractivity contribution in [2.45, 2.75) is 25.9 Å². The molecule has 1 rings (SSSR count). The molecule has 0 aliphatic heterocycles. The van der Waals surface area contributed by atoms with Crippen LogP contribution < -0.4 is 10.1 Å². The minimum absolute atomic E-state index is 0.324. The van der Waals surface area contributed by atoms with Gasteiger partial charge in [0.15, 0.2) is 0 Å². The molecule has 0 aromatic heterocycles. The lowest BCUT2D eigenvalue weighted by molar-refractivity contribution is 0.187. The van der Waals surface area contributed by atoms with Crippen molar-refractivity contribution in [2.75, 3.05) is 13.6 Å². The average molecular weight is 193 g/mol. The van der Waals surface area contributed by atoms with Gasteiger partial charge in [-0.05, 0) is 38.6 Å². The molecule has 0 amide bonds. The fourth-order valence-electron chi connectivity index (χ4n) is 1.34. The first-order valence-corrected chi connectivity index (χ1v) is 5.23. The topological polar surface area (TPSA) is 21.3 Å². The van der Waals surface area contributed by atoms with E-state index in [1.807, 2.05) is 37.4 Å². The van der Waals surface area contributed by atoms with Crippen molar-refractivity contribution < 1.29 is 4.74 Å². The van der Waals surface area contributed by atoms with Crippen LogP contribution >= 0.6 is 0 Å². The van der Waals surface area contributed by atoms with Gasteiger partial charge in [-0.2, -0.15) is 0 Å². The van der Waals surface area contributed by atoms with Gasteiger partial charge in [0.25, 0.3) is 0 Å². The highest BCUT2D eigenvalue weighted by molar-refractivity contribution is 5.21. The Balaban J connectivity index is 2.40. The number of benzene rings is 1. The minimum atomic E-state index is 0.324. The molecule has 0 heterocycles. The quantitative estimate of drug-likeness (QED) is 0.749. The second kappa shape index (κ2) is 6.44. The highest BCUT2D eigenvalue weighted by Crippen LogP contribution is 2.13. The third kappa shape index (κ3) is 3.79. The molecule has 0 spiro atoms. The van der Waals surface area contributed by atoms with Crippen molar-refractivity contribution >= 4 is 0 Å². The first kappa shape index (κ1) is 11.1. The normalized spacial score (nSPS) is 12.4. The summed E-state index contributed by atoms with van der Waals surface area (Å²) in [7, 11) is 1.97. The van der Waals surface area contributed by atoms with Gasteiger partial charge < -0.3 is 10.1 Å². The zero-order chi connectivity index (χ0) is 10.2. The molecule has 1 N–H and O–H groups in total. The van der Waals surface area contributed by atoms with E-state index in [0.29, 0.717) is 6.10 Å². The number of rotatable bonds is 6. The van der Waals surface area contributed by atoms with Gasteiger partial charge in [-0.15, -0.1) is 0 Å². The van der Waals surface area contributed by atoms with Crippen molar-refractivity contribution in [3.63, 3.8) is 0 Å². The number of para-hydroxylation sites is 1. The van der Waals surface area contributed by atoms with Gasteiger partial charge in [-0.25, -0.2) is 0 Å². The molecule has 0 bridgehead atoms. The molecule has 0 saturated carbocycles. The van der Waals surface area contributed by atoms with Crippen LogP contribution in [0.15, 0.2) is 30.3 Å². The summed E-state index contributed by atoms with van der Waals surface area (Å²) in [5.74, 6) is 0.968. The summed E-state index contributed by atoms with van der Waals surface area (Å²) in [6.45, 7) is 3.16. The van der Waals surface area contributed by atoms with E-state index in [2.05, 4.69) is 12.2 Å². The summed E-state index contributed by atoms with van der Waals surface area (Å²) in [5, 5.41) is 3.14. The standard InChI is InChI=1S/C12H19NO/c1-3-11(9-10-13-2)14-12-7-5-4-6-8-12/h4-8,11,13H,3,9-10H2,1-2H3. The van der Waals surface area contributed by atoms with E-state index in [-0.39, 0.29) is 0 Å². The summed E-state index contributed by atoms with van der Waals surface area (Å²) in [4.78, 5) is 0. The molecular formula is C12H19NO. The summed E-state index contributed by atoms with van der Waals surface area (Å²) in [5.41, 5.74) is 0. The van der Waals surface area contributed by atoms with E-state index in [1.54, 1.807) is 0 Å². The molecule has 0 aliphatic rings. The van der Waals surface area contributed by atoms with Crippen LogP contribution in [-0.2, 0) is 0 Å². The maximum atomic E-state index is 5.83. The maximum Gasteiger partial charge on any atom is 0.119 e. The van der Waals surface area contributed by atoms with Crippen LogP contribution in [0.4, 0.5) is 0 Å². The predicted octanol–water partition coefficient (Wildman–Crippen LogP) is 2.45. The predicted molar refractivity (Wildman–Crippen MR) is 59.7 cm³/mol. The van der Waals surface area contributed by atoms with Gasteiger partial charge in [-0.3, -0.25) is 0 Å². The second-order valence-corrected chi connectivity index (χ2v) is 3.35. The summed E-state index contributed by atoms with van der Waals surface area (Å²) >= 11 is 0. The molecule has 0 aliphatic carbocycles. The third-order valence-corrected chi connectivity index (χ3v) is 2.22. The molecular weight excluding hydrogens is 174 g/mol. The number of hydrogen-bond donors (Lipinski definition) is 1. The van der Waals surface area contributed by atoms with Crippen LogP contribution in [0.1, 0.15) is 19.8 Å². The van der Waals surface area contributed by atoms with Gasteiger partial charge in [-0.1, -0.05) is 25.1 Å². The second-order valence-electron chi connectivity index (χ2n) is 3.35. The minimum Gasteiger partial charge on any atom is -0.490 e. The molecule has 0 fully saturated rings. The number of hydrogen-bond acceptors (Lipinski definition) is 2. The Labute approximate surface area is 86.3 Å². The Morgan fingerprint density at radius 3 is 2.57 bits per heavy atom. The summed E-state index contributed by atoms with van der Waals surface area (Å²) in [6.07, 6.45) is 2.43. The fourth-order valence-corrected chi connectivity index (χ4v) is 1.34. The van der Waals surface area contributed by atoms with E-state index < -0.39 is 0 Å². The largest absolute Gasteiger partial charge is 0.490 e. The van der Waals surface area contributed by atoms with E-state index in [0.717, 1.165) is 25.1 Å². The van der Waals surface area contributed by atoms with Gasteiger partial charge in [0.1, 0.15) is 5.75 Å². The van der Waals surface area contributed by atoms with Crippen LogP contribution in [0.3, 0.4) is 0 Å². The van der Waals surface area contributed by atoms with Crippen LogP contribution in [0, 0.1) is 0 Å². The van der Waals surface area contributed by atoms with E-state index in [4.69, 9.17) is 4.74 Å². The zero-order valence-corrected chi connectivity index (χ0v) is 8.99. The molecule has 14 heavy (non-hydrogen) atoms. The van der Waals surface area contributed by atoms with Crippen LogP contribution in [0.25, 0.3) is 0 Å². The monoisotopic (exact) mass is 193 g/mol.